The third-order valence-electron chi connectivity index (χ3n) is 2.75. The van der Waals surface area contributed by atoms with Crippen molar-refractivity contribution in [2.45, 2.75) is 4.90 Å². The molecule has 1 amide bonds. The third kappa shape index (κ3) is 2.66. The Labute approximate surface area is 111 Å². The van der Waals surface area contributed by atoms with E-state index in [0.29, 0.717) is 11.1 Å². The molecule has 0 aliphatic carbocycles. The Hall–Kier alpha value is -2.14. The zero-order chi connectivity index (χ0) is 14.0. The fourth-order valence-corrected chi connectivity index (χ4v) is 2.87. The summed E-state index contributed by atoms with van der Waals surface area (Å²) in [5, 5.41) is 0. The zero-order valence-corrected chi connectivity index (χ0v) is 11.1. The lowest BCUT2D eigenvalue weighted by atomic mass is 9.99. The van der Waals surface area contributed by atoms with Gasteiger partial charge in [0.05, 0.1) is 4.90 Å². The molecule has 0 unspecified atom stereocenters. The fourth-order valence-electron chi connectivity index (χ4n) is 1.95. The van der Waals surface area contributed by atoms with E-state index < -0.39 is 15.7 Å². The SMILES string of the molecule is CS(=O)(=O)c1cccc(C(N)=O)c1-c1ccccc1. The van der Waals surface area contributed by atoms with Crippen LogP contribution in [0.1, 0.15) is 10.4 Å². The molecule has 0 radical (unpaired) electrons. The summed E-state index contributed by atoms with van der Waals surface area (Å²) in [4.78, 5) is 11.6. The van der Waals surface area contributed by atoms with E-state index in [2.05, 4.69) is 0 Å². The molecule has 19 heavy (non-hydrogen) atoms. The highest BCUT2D eigenvalue weighted by Crippen LogP contribution is 2.30. The van der Waals surface area contributed by atoms with Crippen molar-refractivity contribution >= 4 is 15.7 Å². The van der Waals surface area contributed by atoms with E-state index >= 15 is 0 Å². The summed E-state index contributed by atoms with van der Waals surface area (Å²) < 4.78 is 23.7. The van der Waals surface area contributed by atoms with Gasteiger partial charge in [0.1, 0.15) is 0 Å². The molecule has 98 valence electrons. The molecule has 2 rings (SSSR count). The van der Waals surface area contributed by atoms with Gasteiger partial charge in [0.25, 0.3) is 0 Å². The molecule has 2 N–H and O–H groups in total. The van der Waals surface area contributed by atoms with Crippen LogP contribution < -0.4 is 5.73 Å². The van der Waals surface area contributed by atoms with Crippen LogP contribution in [-0.2, 0) is 9.84 Å². The number of amides is 1. The highest BCUT2D eigenvalue weighted by Gasteiger charge is 2.20. The van der Waals surface area contributed by atoms with Crippen LogP contribution in [0.25, 0.3) is 11.1 Å². The average molecular weight is 275 g/mol. The monoisotopic (exact) mass is 275 g/mol. The Balaban J connectivity index is 2.86. The van der Waals surface area contributed by atoms with E-state index in [4.69, 9.17) is 5.73 Å². The lowest BCUT2D eigenvalue weighted by molar-refractivity contribution is 0.100. The predicted molar refractivity (Wildman–Crippen MR) is 73.5 cm³/mol. The number of primary amides is 1. The van der Waals surface area contributed by atoms with E-state index in [1.165, 1.54) is 18.2 Å². The lowest BCUT2D eigenvalue weighted by Crippen LogP contribution is -2.14. The van der Waals surface area contributed by atoms with Crippen LogP contribution in [0, 0.1) is 0 Å². The van der Waals surface area contributed by atoms with E-state index in [1.807, 2.05) is 6.07 Å². The van der Waals surface area contributed by atoms with Crippen molar-refractivity contribution in [2.24, 2.45) is 5.73 Å². The van der Waals surface area contributed by atoms with Gasteiger partial charge in [-0.1, -0.05) is 36.4 Å². The van der Waals surface area contributed by atoms with Gasteiger partial charge in [-0.05, 0) is 17.7 Å². The molecule has 0 fully saturated rings. The Morgan fingerprint density at radius 2 is 1.63 bits per heavy atom. The van der Waals surface area contributed by atoms with E-state index in [1.54, 1.807) is 24.3 Å². The molecular formula is C14H13NO3S. The normalized spacial score (nSPS) is 11.2. The van der Waals surface area contributed by atoms with E-state index in [9.17, 15) is 13.2 Å². The first-order chi connectivity index (χ1) is 8.91. The minimum atomic E-state index is -3.45. The molecule has 0 saturated heterocycles. The summed E-state index contributed by atoms with van der Waals surface area (Å²) in [5.41, 5.74) is 6.54. The summed E-state index contributed by atoms with van der Waals surface area (Å²) in [7, 11) is -3.45. The molecule has 0 aliphatic rings. The van der Waals surface area contributed by atoms with Crippen LogP contribution in [0.5, 0.6) is 0 Å². The average Bonchev–Trinajstić information content (AvgIpc) is 2.37. The summed E-state index contributed by atoms with van der Waals surface area (Å²) in [6.45, 7) is 0. The van der Waals surface area contributed by atoms with E-state index in [0.717, 1.165) is 6.26 Å². The number of nitrogens with two attached hydrogens (primary N) is 1. The smallest absolute Gasteiger partial charge is 0.249 e. The standard InChI is InChI=1S/C14H13NO3S/c1-19(17,18)12-9-5-8-11(14(15)16)13(12)10-6-3-2-4-7-10/h2-9H,1H3,(H2,15,16). The topological polar surface area (TPSA) is 77.2 Å². The zero-order valence-electron chi connectivity index (χ0n) is 10.3. The van der Waals surface area contributed by atoms with Crippen LogP contribution in [-0.4, -0.2) is 20.6 Å². The largest absolute Gasteiger partial charge is 0.366 e. The minimum Gasteiger partial charge on any atom is -0.366 e. The van der Waals surface area contributed by atoms with Crippen LogP contribution in [0.15, 0.2) is 53.4 Å². The number of sulfone groups is 1. The van der Waals surface area contributed by atoms with Gasteiger partial charge < -0.3 is 5.73 Å². The second-order valence-corrected chi connectivity index (χ2v) is 6.17. The third-order valence-corrected chi connectivity index (χ3v) is 3.89. The Bertz CT molecular complexity index is 722. The molecule has 5 heteroatoms. The van der Waals surface area contributed by atoms with Crippen molar-refractivity contribution in [2.75, 3.05) is 6.26 Å². The number of carbonyl (C=O) groups excluding carboxylic acids is 1. The maximum absolute atomic E-state index is 11.8. The van der Waals surface area contributed by atoms with Gasteiger partial charge in [0, 0.05) is 17.4 Å². The Kier molecular flexibility index (Phi) is 3.40. The molecule has 2 aromatic rings. The van der Waals surface area contributed by atoms with Gasteiger partial charge in [-0.15, -0.1) is 0 Å². The van der Waals surface area contributed by atoms with Gasteiger partial charge in [-0.3, -0.25) is 4.79 Å². The second-order valence-electron chi connectivity index (χ2n) is 4.18. The van der Waals surface area contributed by atoms with Crippen LogP contribution >= 0.6 is 0 Å². The van der Waals surface area contributed by atoms with Crippen molar-refractivity contribution in [3.8, 4) is 11.1 Å². The summed E-state index contributed by atoms with van der Waals surface area (Å²) >= 11 is 0. The van der Waals surface area contributed by atoms with Crippen molar-refractivity contribution in [3.05, 3.63) is 54.1 Å². The first kappa shape index (κ1) is 13.3. The fraction of sp³-hybridized carbons (Fsp3) is 0.0714. The van der Waals surface area contributed by atoms with Crippen LogP contribution in [0.2, 0.25) is 0 Å². The highest BCUT2D eigenvalue weighted by atomic mass is 32.2. The maximum atomic E-state index is 11.8. The molecule has 0 atom stereocenters. The summed E-state index contributed by atoms with van der Waals surface area (Å²) in [6, 6.07) is 13.4. The Morgan fingerprint density at radius 1 is 1.00 bits per heavy atom. The lowest BCUT2D eigenvalue weighted by Gasteiger charge is -2.12. The number of carbonyl (C=O) groups is 1. The molecule has 0 aromatic heterocycles. The van der Waals surface area contributed by atoms with Crippen molar-refractivity contribution in [1.29, 1.82) is 0 Å². The molecule has 0 bridgehead atoms. The maximum Gasteiger partial charge on any atom is 0.249 e. The molecule has 0 heterocycles. The summed E-state index contributed by atoms with van der Waals surface area (Å²) in [6.07, 6.45) is 1.11. The predicted octanol–water partition coefficient (Wildman–Crippen LogP) is 1.86. The van der Waals surface area contributed by atoms with Crippen LogP contribution in [0.4, 0.5) is 0 Å². The number of hydrogen-bond acceptors (Lipinski definition) is 3. The first-order valence-electron chi connectivity index (χ1n) is 5.59. The molecular weight excluding hydrogens is 262 g/mol. The van der Waals surface area contributed by atoms with Crippen molar-refractivity contribution < 1.29 is 13.2 Å². The molecule has 0 aliphatic heterocycles. The first-order valence-corrected chi connectivity index (χ1v) is 7.48. The minimum absolute atomic E-state index is 0.106. The summed E-state index contributed by atoms with van der Waals surface area (Å²) in [5.74, 6) is -0.649. The van der Waals surface area contributed by atoms with Gasteiger partial charge in [0.15, 0.2) is 9.84 Å². The molecule has 4 nitrogen and oxygen atoms in total. The number of rotatable bonds is 3. The number of hydrogen-bond donors (Lipinski definition) is 1. The molecule has 2 aromatic carbocycles. The quantitative estimate of drug-likeness (QED) is 0.928. The van der Waals surface area contributed by atoms with E-state index in [-0.39, 0.29) is 10.5 Å². The Morgan fingerprint density at radius 3 is 2.16 bits per heavy atom. The van der Waals surface area contributed by atoms with Crippen molar-refractivity contribution in [1.82, 2.24) is 0 Å². The molecule has 0 saturated carbocycles. The van der Waals surface area contributed by atoms with Crippen LogP contribution in [0.3, 0.4) is 0 Å². The van der Waals surface area contributed by atoms with Crippen molar-refractivity contribution in [3.63, 3.8) is 0 Å². The van der Waals surface area contributed by atoms with Gasteiger partial charge in [0.2, 0.25) is 5.91 Å². The van der Waals surface area contributed by atoms with Gasteiger partial charge in [-0.2, -0.15) is 0 Å². The van der Waals surface area contributed by atoms with Gasteiger partial charge >= 0.3 is 0 Å². The highest BCUT2D eigenvalue weighted by molar-refractivity contribution is 7.90. The second kappa shape index (κ2) is 4.85. The molecule has 0 spiro atoms. The van der Waals surface area contributed by atoms with Gasteiger partial charge in [-0.25, -0.2) is 8.42 Å². The number of benzene rings is 2.